The average Bonchev–Trinajstić information content (AvgIpc) is 2.59. The number of carbonyl (C=O) groups is 3. The molecule has 0 bridgehead atoms. The summed E-state index contributed by atoms with van der Waals surface area (Å²) >= 11 is 0. The van der Waals surface area contributed by atoms with Crippen LogP contribution < -0.4 is 0 Å². The van der Waals surface area contributed by atoms with Gasteiger partial charge in [0.15, 0.2) is 0 Å². The number of unbranched alkanes of at least 4 members (excludes halogenated alkanes) is 8. The van der Waals surface area contributed by atoms with Gasteiger partial charge in [0.05, 0.1) is 19.6 Å². The molecule has 0 amide bonds. The first-order valence-corrected chi connectivity index (χ1v) is 10.0. The quantitative estimate of drug-likeness (QED) is 0.228. The maximum absolute atomic E-state index is 12.0. The van der Waals surface area contributed by atoms with Crippen LogP contribution in [-0.2, 0) is 28.6 Å². The normalized spacial score (nSPS) is 11.7. The van der Waals surface area contributed by atoms with Gasteiger partial charge in [-0.15, -0.1) is 0 Å². The molecule has 0 heterocycles. The Morgan fingerprint density at radius 3 is 1.73 bits per heavy atom. The number of rotatable bonds is 16. The molecule has 0 aliphatic rings. The number of carbonyl (C=O) groups excluding carboxylic acids is 3. The van der Waals surface area contributed by atoms with Crippen molar-refractivity contribution in [3.8, 4) is 0 Å². The van der Waals surface area contributed by atoms with E-state index in [1.54, 1.807) is 0 Å². The molecule has 0 N–H and O–H groups in total. The predicted octanol–water partition coefficient (Wildman–Crippen LogP) is 4.34. The largest absolute Gasteiger partial charge is 0.466 e. The highest BCUT2D eigenvalue weighted by Gasteiger charge is 2.27. The van der Waals surface area contributed by atoms with Gasteiger partial charge in [-0.05, 0) is 12.8 Å². The van der Waals surface area contributed by atoms with Crippen molar-refractivity contribution in [3.63, 3.8) is 0 Å². The van der Waals surface area contributed by atoms with Crippen molar-refractivity contribution in [1.29, 1.82) is 0 Å². The van der Waals surface area contributed by atoms with E-state index < -0.39 is 24.0 Å². The Labute approximate surface area is 157 Å². The number of hydrogen-bond acceptors (Lipinski definition) is 6. The van der Waals surface area contributed by atoms with Gasteiger partial charge in [-0.1, -0.05) is 65.2 Å². The van der Waals surface area contributed by atoms with E-state index in [0.29, 0.717) is 6.61 Å². The molecule has 26 heavy (non-hydrogen) atoms. The molecule has 0 rings (SSSR count). The van der Waals surface area contributed by atoms with Crippen LogP contribution in [0.3, 0.4) is 0 Å². The first kappa shape index (κ1) is 24.4. The molecule has 1 unspecified atom stereocenters. The van der Waals surface area contributed by atoms with Gasteiger partial charge < -0.3 is 14.2 Å². The van der Waals surface area contributed by atoms with Crippen LogP contribution in [-0.4, -0.2) is 37.2 Å². The van der Waals surface area contributed by atoms with E-state index in [2.05, 4.69) is 13.8 Å². The van der Waals surface area contributed by atoms with E-state index >= 15 is 0 Å². The molecule has 1 atom stereocenters. The minimum atomic E-state index is -1.23. The van der Waals surface area contributed by atoms with Crippen LogP contribution in [0, 0.1) is 0 Å². The molecule has 0 spiro atoms. The lowest BCUT2D eigenvalue weighted by molar-refractivity contribution is -0.171. The number of hydrogen-bond donors (Lipinski definition) is 0. The smallest absolute Gasteiger partial charge is 0.348 e. The Morgan fingerprint density at radius 2 is 1.23 bits per heavy atom. The maximum atomic E-state index is 12.0. The molecule has 152 valence electrons. The Morgan fingerprint density at radius 1 is 0.731 bits per heavy atom. The molecule has 6 nitrogen and oxygen atoms in total. The molecule has 0 saturated heterocycles. The van der Waals surface area contributed by atoms with Crippen molar-refractivity contribution in [2.24, 2.45) is 0 Å². The monoisotopic (exact) mass is 372 g/mol. The topological polar surface area (TPSA) is 78.9 Å². The first-order valence-electron chi connectivity index (χ1n) is 10.0. The zero-order valence-corrected chi connectivity index (χ0v) is 16.7. The highest BCUT2D eigenvalue weighted by atomic mass is 16.6. The summed E-state index contributed by atoms with van der Waals surface area (Å²) in [6, 6.07) is 0. The third kappa shape index (κ3) is 14.7. The average molecular weight is 373 g/mol. The van der Waals surface area contributed by atoms with Crippen LogP contribution in [0.25, 0.3) is 0 Å². The minimum Gasteiger partial charge on any atom is -0.466 e. The summed E-state index contributed by atoms with van der Waals surface area (Å²) in [5.74, 6) is -1.86. The standard InChI is InChI=1S/C20H36O6/c1-4-6-8-10-12-14-24-19(22)16-18(26-17(3)21)20(23)25-15-13-11-9-7-5-2/h18H,4-16H2,1-3H3. The molecule has 0 aliphatic heterocycles. The lowest BCUT2D eigenvalue weighted by Crippen LogP contribution is -2.31. The van der Waals surface area contributed by atoms with E-state index in [1.807, 2.05) is 0 Å². The fourth-order valence-corrected chi connectivity index (χ4v) is 2.45. The lowest BCUT2D eigenvalue weighted by Gasteiger charge is -2.15. The first-order chi connectivity index (χ1) is 12.5. The van der Waals surface area contributed by atoms with Gasteiger partial charge in [-0.25, -0.2) is 4.79 Å². The van der Waals surface area contributed by atoms with Crippen LogP contribution in [0.2, 0.25) is 0 Å². The highest BCUT2D eigenvalue weighted by molar-refractivity contribution is 5.84. The summed E-state index contributed by atoms with van der Waals surface area (Å²) in [4.78, 5) is 35.1. The number of ether oxygens (including phenoxy) is 3. The van der Waals surface area contributed by atoms with Crippen LogP contribution >= 0.6 is 0 Å². The Kier molecular flexibility index (Phi) is 15.8. The number of esters is 3. The third-order valence-electron chi connectivity index (χ3n) is 3.93. The van der Waals surface area contributed by atoms with Crippen LogP contribution in [0.1, 0.15) is 91.4 Å². The van der Waals surface area contributed by atoms with E-state index in [9.17, 15) is 14.4 Å². The summed E-state index contributed by atoms with van der Waals surface area (Å²) in [6.07, 6.45) is 8.89. The summed E-state index contributed by atoms with van der Waals surface area (Å²) in [6.45, 7) is 6.06. The fraction of sp³-hybridized carbons (Fsp3) is 0.850. The summed E-state index contributed by atoms with van der Waals surface area (Å²) in [5, 5.41) is 0. The fourth-order valence-electron chi connectivity index (χ4n) is 2.45. The zero-order valence-electron chi connectivity index (χ0n) is 16.7. The third-order valence-corrected chi connectivity index (χ3v) is 3.93. The van der Waals surface area contributed by atoms with E-state index in [1.165, 1.54) is 13.3 Å². The Hall–Kier alpha value is -1.59. The molecule has 0 saturated carbocycles. The van der Waals surface area contributed by atoms with Crippen molar-refractivity contribution >= 4 is 17.9 Å². The second-order valence-corrected chi connectivity index (χ2v) is 6.52. The van der Waals surface area contributed by atoms with Crippen LogP contribution in [0.5, 0.6) is 0 Å². The summed E-state index contributed by atoms with van der Waals surface area (Å²) < 4.78 is 15.2. The maximum Gasteiger partial charge on any atom is 0.348 e. The Balaban J connectivity index is 4.10. The van der Waals surface area contributed by atoms with E-state index in [-0.39, 0.29) is 13.0 Å². The van der Waals surface area contributed by atoms with Crippen LogP contribution in [0.4, 0.5) is 0 Å². The van der Waals surface area contributed by atoms with Crippen molar-refractivity contribution in [1.82, 2.24) is 0 Å². The Bertz CT molecular complexity index is 394. The predicted molar refractivity (Wildman–Crippen MR) is 99.6 cm³/mol. The summed E-state index contributed by atoms with van der Waals surface area (Å²) in [7, 11) is 0. The van der Waals surface area contributed by atoms with Crippen molar-refractivity contribution in [2.75, 3.05) is 13.2 Å². The van der Waals surface area contributed by atoms with Crippen molar-refractivity contribution in [3.05, 3.63) is 0 Å². The van der Waals surface area contributed by atoms with Crippen molar-refractivity contribution in [2.45, 2.75) is 97.5 Å². The van der Waals surface area contributed by atoms with Gasteiger partial charge in [0.25, 0.3) is 0 Å². The SMILES string of the molecule is CCCCCCCOC(=O)CC(OC(C)=O)C(=O)OCCCCCCC. The molecule has 0 aromatic carbocycles. The highest BCUT2D eigenvalue weighted by Crippen LogP contribution is 2.08. The van der Waals surface area contributed by atoms with Gasteiger partial charge >= 0.3 is 17.9 Å². The second kappa shape index (κ2) is 16.9. The van der Waals surface area contributed by atoms with Crippen molar-refractivity contribution < 1.29 is 28.6 Å². The molecule has 0 radical (unpaired) electrons. The molecule has 0 fully saturated rings. The molecular weight excluding hydrogens is 336 g/mol. The lowest BCUT2D eigenvalue weighted by atomic mass is 10.2. The van der Waals surface area contributed by atoms with Gasteiger partial charge in [-0.3, -0.25) is 9.59 Å². The van der Waals surface area contributed by atoms with E-state index in [4.69, 9.17) is 14.2 Å². The molecular formula is C20H36O6. The zero-order chi connectivity index (χ0) is 19.6. The molecule has 0 aliphatic carbocycles. The van der Waals surface area contributed by atoms with Gasteiger partial charge in [0.2, 0.25) is 6.10 Å². The second-order valence-electron chi connectivity index (χ2n) is 6.52. The molecule has 6 heteroatoms. The van der Waals surface area contributed by atoms with Gasteiger partial charge in [0.1, 0.15) is 0 Å². The van der Waals surface area contributed by atoms with Gasteiger partial charge in [-0.2, -0.15) is 0 Å². The minimum absolute atomic E-state index is 0.271. The van der Waals surface area contributed by atoms with Crippen LogP contribution in [0.15, 0.2) is 0 Å². The summed E-state index contributed by atoms with van der Waals surface area (Å²) in [5.41, 5.74) is 0. The molecule has 0 aromatic rings. The van der Waals surface area contributed by atoms with E-state index in [0.717, 1.165) is 57.8 Å². The van der Waals surface area contributed by atoms with Gasteiger partial charge in [0, 0.05) is 6.92 Å². The molecule has 0 aromatic heterocycles.